The molecule has 0 saturated heterocycles. The smallest absolute Gasteiger partial charge is 0.339 e. The predicted octanol–water partition coefficient (Wildman–Crippen LogP) is 4.38. The fourth-order valence-corrected chi connectivity index (χ4v) is 3.32. The molecule has 0 N–H and O–H groups in total. The number of esters is 3. The van der Waals surface area contributed by atoms with Crippen LogP contribution in [0.15, 0.2) is 66.7 Å². The Labute approximate surface area is 174 Å². The van der Waals surface area contributed by atoms with E-state index < -0.39 is 17.9 Å². The molecule has 6 heteroatoms. The molecule has 0 aliphatic carbocycles. The van der Waals surface area contributed by atoms with Crippen molar-refractivity contribution in [2.45, 2.75) is 0 Å². The standard InChI is InChI=1S/C24H20O6/c1-28-22(25)18-14-17(15-10-6-4-7-11-15)20(23(26)29-2)21(24(27)30-3)19(18)16-12-8-5-9-13-16/h4-14H,1-3H3. The van der Waals surface area contributed by atoms with Crippen LogP contribution < -0.4 is 0 Å². The molecule has 3 aromatic rings. The number of carbonyl (C=O) groups excluding carboxylic acids is 3. The summed E-state index contributed by atoms with van der Waals surface area (Å²) in [4.78, 5) is 38.5. The van der Waals surface area contributed by atoms with Crippen LogP contribution >= 0.6 is 0 Å². The van der Waals surface area contributed by atoms with Gasteiger partial charge < -0.3 is 14.2 Å². The molecule has 0 bridgehead atoms. The van der Waals surface area contributed by atoms with Crippen molar-refractivity contribution in [2.24, 2.45) is 0 Å². The second-order valence-corrected chi connectivity index (χ2v) is 6.30. The first-order chi connectivity index (χ1) is 14.5. The van der Waals surface area contributed by atoms with E-state index in [9.17, 15) is 14.4 Å². The Morgan fingerprint density at radius 2 is 1.07 bits per heavy atom. The molecule has 0 heterocycles. The minimum Gasteiger partial charge on any atom is -0.465 e. The Balaban J connectivity index is 2.55. The summed E-state index contributed by atoms with van der Waals surface area (Å²) in [6.07, 6.45) is 0. The van der Waals surface area contributed by atoms with E-state index in [1.807, 2.05) is 6.07 Å². The van der Waals surface area contributed by atoms with Crippen LogP contribution in [0.25, 0.3) is 22.3 Å². The van der Waals surface area contributed by atoms with Crippen molar-refractivity contribution in [3.05, 3.63) is 83.4 Å². The van der Waals surface area contributed by atoms with E-state index in [0.29, 0.717) is 16.7 Å². The highest BCUT2D eigenvalue weighted by atomic mass is 16.5. The maximum Gasteiger partial charge on any atom is 0.339 e. The summed E-state index contributed by atoms with van der Waals surface area (Å²) in [5, 5.41) is 0. The number of carbonyl (C=O) groups is 3. The number of methoxy groups -OCH3 is 3. The van der Waals surface area contributed by atoms with Crippen molar-refractivity contribution < 1.29 is 28.6 Å². The van der Waals surface area contributed by atoms with Gasteiger partial charge in [0.15, 0.2) is 0 Å². The molecule has 0 aliphatic heterocycles. The van der Waals surface area contributed by atoms with Gasteiger partial charge in [0.05, 0.1) is 38.0 Å². The van der Waals surface area contributed by atoms with Crippen LogP contribution in [0, 0.1) is 0 Å². The van der Waals surface area contributed by atoms with Crippen LogP contribution in [-0.4, -0.2) is 39.2 Å². The third-order valence-electron chi connectivity index (χ3n) is 4.66. The monoisotopic (exact) mass is 404 g/mol. The summed E-state index contributed by atoms with van der Waals surface area (Å²) < 4.78 is 15.0. The molecule has 152 valence electrons. The van der Waals surface area contributed by atoms with Crippen molar-refractivity contribution in [3.8, 4) is 22.3 Å². The molecular formula is C24H20O6. The highest BCUT2D eigenvalue weighted by molar-refractivity contribution is 6.15. The van der Waals surface area contributed by atoms with Crippen molar-refractivity contribution in [1.29, 1.82) is 0 Å². The van der Waals surface area contributed by atoms with Gasteiger partial charge in [-0.3, -0.25) is 0 Å². The van der Waals surface area contributed by atoms with Crippen molar-refractivity contribution in [2.75, 3.05) is 21.3 Å². The number of rotatable bonds is 5. The van der Waals surface area contributed by atoms with E-state index in [1.54, 1.807) is 60.7 Å². The highest BCUT2D eigenvalue weighted by Crippen LogP contribution is 2.38. The number of hydrogen-bond donors (Lipinski definition) is 0. The van der Waals surface area contributed by atoms with Gasteiger partial charge in [-0.1, -0.05) is 60.7 Å². The number of benzene rings is 3. The van der Waals surface area contributed by atoms with E-state index in [1.165, 1.54) is 21.3 Å². The summed E-state index contributed by atoms with van der Waals surface area (Å²) in [7, 11) is 3.70. The molecule has 3 aromatic carbocycles. The normalized spacial score (nSPS) is 10.2. The topological polar surface area (TPSA) is 78.9 Å². The van der Waals surface area contributed by atoms with E-state index in [4.69, 9.17) is 14.2 Å². The fourth-order valence-electron chi connectivity index (χ4n) is 3.32. The summed E-state index contributed by atoms with van der Waals surface area (Å²) in [5.41, 5.74) is 1.89. The SMILES string of the molecule is COC(=O)c1cc(-c2ccccc2)c(C(=O)OC)c(C(=O)OC)c1-c1ccccc1. The molecule has 0 aliphatic rings. The van der Waals surface area contributed by atoms with E-state index in [-0.39, 0.29) is 22.3 Å². The fraction of sp³-hybridized carbons (Fsp3) is 0.125. The van der Waals surface area contributed by atoms with Gasteiger partial charge in [-0.15, -0.1) is 0 Å². The average Bonchev–Trinajstić information content (AvgIpc) is 2.82. The lowest BCUT2D eigenvalue weighted by Gasteiger charge is -2.19. The van der Waals surface area contributed by atoms with Crippen LogP contribution in [0.5, 0.6) is 0 Å². The Bertz CT molecular complexity index is 1090. The molecule has 0 aromatic heterocycles. The second kappa shape index (κ2) is 9.05. The van der Waals surface area contributed by atoms with Gasteiger partial charge in [0.25, 0.3) is 0 Å². The lowest BCUT2D eigenvalue weighted by Crippen LogP contribution is -2.18. The highest BCUT2D eigenvalue weighted by Gasteiger charge is 2.31. The summed E-state index contributed by atoms with van der Waals surface area (Å²) >= 11 is 0. The first-order valence-electron chi connectivity index (χ1n) is 9.10. The Hall–Kier alpha value is -3.93. The summed E-state index contributed by atoms with van der Waals surface area (Å²) in [6, 6.07) is 19.3. The molecule has 30 heavy (non-hydrogen) atoms. The van der Waals surface area contributed by atoms with Gasteiger partial charge >= 0.3 is 17.9 Å². The molecule has 0 spiro atoms. The van der Waals surface area contributed by atoms with Crippen LogP contribution in [0.4, 0.5) is 0 Å². The maximum absolute atomic E-state index is 12.9. The summed E-state index contributed by atoms with van der Waals surface area (Å²) in [5.74, 6) is -2.13. The zero-order valence-corrected chi connectivity index (χ0v) is 16.8. The van der Waals surface area contributed by atoms with Crippen LogP contribution in [0.1, 0.15) is 31.1 Å². The van der Waals surface area contributed by atoms with E-state index in [2.05, 4.69) is 0 Å². The first kappa shape index (κ1) is 20.8. The van der Waals surface area contributed by atoms with Gasteiger partial charge in [-0.2, -0.15) is 0 Å². The van der Waals surface area contributed by atoms with Gasteiger partial charge in [0.1, 0.15) is 0 Å². The molecular weight excluding hydrogens is 384 g/mol. The molecule has 0 unspecified atom stereocenters. The van der Waals surface area contributed by atoms with Crippen molar-refractivity contribution in [3.63, 3.8) is 0 Å². The molecule has 0 radical (unpaired) electrons. The average molecular weight is 404 g/mol. The summed E-state index contributed by atoms with van der Waals surface area (Å²) in [6.45, 7) is 0. The maximum atomic E-state index is 12.9. The van der Waals surface area contributed by atoms with Gasteiger partial charge in [0, 0.05) is 5.56 Å². The van der Waals surface area contributed by atoms with Gasteiger partial charge in [0.2, 0.25) is 0 Å². The molecule has 0 amide bonds. The van der Waals surface area contributed by atoms with Crippen molar-refractivity contribution >= 4 is 17.9 Å². The first-order valence-corrected chi connectivity index (χ1v) is 9.10. The Morgan fingerprint density at radius 3 is 1.57 bits per heavy atom. The molecule has 6 nitrogen and oxygen atoms in total. The number of ether oxygens (including phenoxy) is 3. The van der Waals surface area contributed by atoms with Crippen molar-refractivity contribution in [1.82, 2.24) is 0 Å². The zero-order valence-electron chi connectivity index (χ0n) is 16.8. The van der Waals surface area contributed by atoms with Crippen LogP contribution in [0.2, 0.25) is 0 Å². The quantitative estimate of drug-likeness (QED) is 0.464. The van der Waals surface area contributed by atoms with Gasteiger partial charge in [-0.05, 0) is 22.8 Å². The number of hydrogen-bond acceptors (Lipinski definition) is 6. The predicted molar refractivity (Wildman–Crippen MR) is 111 cm³/mol. The largest absolute Gasteiger partial charge is 0.465 e. The third-order valence-corrected chi connectivity index (χ3v) is 4.66. The second-order valence-electron chi connectivity index (χ2n) is 6.30. The minimum atomic E-state index is -0.766. The van der Waals surface area contributed by atoms with Crippen LogP contribution in [0.3, 0.4) is 0 Å². The molecule has 0 fully saturated rings. The van der Waals surface area contributed by atoms with E-state index in [0.717, 1.165) is 0 Å². The lowest BCUT2D eigenvalue weighted by atomic mass is 9.85. The molecule has 0 saturated carbocycles. The lowest BCUT2D eigenvalue weighted by molar-refractivity contribution is 0.0554. The Morgan fingerprint density at radius 1 is 0.600 bits per heavy atom. The molecule has 0 atom stereocenters. The molecule has 3 rings (SSSR count). The Kier molecular flexibility index (Phi) is 6.27. The van der Waals surface area contributed by atoms with Crippen LogP contribution in [-0.2, 0) is 14.2 Å². The minimum absolute atomic E-state index is 0.0158. The zero-order chi connectivity index (χ0) is 21.7. The third kappa shape index (κ3) is 3.80. The van der Waals surface area contributed by atoms with Gasteiger partial charge in [-0.25, -0.2) is 14.4 Å². The van der Waals surface area contributed by atoms with E-state index >= 15 is 0 Å².